The van der Waals surface area contributed by atoms with Crippen molar-refractivity contribution in [2.24, 2.45) is 10.9 Å². The summed E-state index contributed by atoms with van der Waals surface area (Å²) in [6, 6.07) is 4.14. The van der Waals surface area contributed by atoms with Gasteiger partial charge < -0.3 is 25.2 Å². The first kappa shape index (κ1) is 23.8. The van der Waals surface area contributed by atoms with Gasteiger partial charge in [-0.15, -0.1) is 0 Å². The van der Waals surface area contributed by atoms with Crippen molar-refractivity contribution in [2.75, 3.05) is 77.5 Å². The molecule has 0 amide bonds. The maximum absolute atomic E-state index is 5.98. The van der Waals surface area contributed by atoms with Gasteiger partial charge in [0.25, 0.3) is 0 Å². The highest BCUT2D eigenvalue weighted by Gasteiger charge is 2.21. The van der Waals surface area contributed by atoms with Crippen molar-refractivity contribution in [2.45, 2.75) is 33.4 Å². The van der Waals surface area contributed by atoms with Crippen molar-refractivity contribution in [1.82, 2.24) is 25.4 Å². The molecule has 0 radical (unpaired) electrons. The molecule has 1 unspecified atom stereocenters. The summed E-state index contributed by atoms with van der Waals surface area (Å²) < 4.78 is 5.98. The minimum Gasteiger partial charge on any atom is -0.374 e. The number of nitrogens with zero attached hydrogens (tertiary/aromatic N) is 5. The molecule has 2 aliphatic rings. The van der Waals surface area contributed by atoms with Crippen molar-refractivity contribution in [3.05, 3.63) is 23.9 Å². The number of aromatic nitrogens is 1. The second-order valence-corrected chi connectivity index (χ2v) is 9.00. The molecule has 2 aliphatic heterocycles. The van der Waals surface area contributed by atoms with Crippen molar-refractivity contribution >= 4 is 11.8 Å². The molecule has 0 bridgehead atoms. The third-order valence-electron chi connectivity index (χ3n) is 5.77. The molecule has 0 aromatic carbocycles. The summed E-state index contributed by atoms with van der Waals surface area (Å²) in [4.78, 5) is 16.8. The molecule has 8 heteroatoms. The first-order valence-electron chi connectivity index (χ1n) is 11.8. The van der Waals surface area contributed by atoms with Crippen molar-refractivity contribution in [3.63, 3.8) is 0 Å². The molecule has 2 fully saturated rings. The van der Waals surface area contributed by atoms with Gasteiger partial charge in [-0.2, -0.15) is 0 Å². The van der Waals surface area contributed by atoms with E-state index in [2.05, 4.69) is 64.2 Å². The lowest BCUT2D eigenvalue weighted by molar-refractivity contribution is -0.0284. The van der Waals surface area contributed by atoms with Gasteiger partial charge in [0.1, 0.15) is 5.82 Å². The molecule has 0 aliphatic carbocycles. The van der Waals surface area contributed by atoms with E-state index in [1.54, 1.807) is 0 Å². The van der Waals surface area contributed by atoms with Crippen molar-refractivity contribution < 1.29 is 4.74 Å². The van der Waals surface area contributed by atoms with E-state index in [0.717, 1.165) is 77.3 Å². The number of hydrogen-bond acceptors (Lipinski definition) is 6. The van der Waals surface area contributed by atoms with Gasteiger partial charge in [-0.3, -0.25) is 4.90 Å². The zero-order chi connectivity index (χ0) is 22.1. The number of morpholine rings is 1. The first-order valence-corrected chi connectivity index (χ1v) is 11.8. The summed E-state index contributed by atoms with van der Waals surface area (Å²) in [7, 11) is 2.17. The summed E-state index contributed by atoms with van der Waals surface area (Å²) >= 11 is 0. The number of anilines is 1. The summed E-state index contributed by atoms with van der Waals surface area (Å²) in [5.74, 6) is 2.58. The number of likely N-dealkylation sites (N-methyl/N-ethyl adjacent to an activating group) is 1. The van der Waals surface area contributed by atoms with Crippen LogP contribution in [0.2, 0.25) is 0 Å². The van der Waals surface area contributed by atoms with Gasteiger partial charge >= 0.3 is 0 Å². The Morgan fingerprint density at radius 3 is 2.77 bits per heavy atom. The van der Waals surface area contributed by atoms with Crippen LogP contribution in [0.5, 0.6) is 0 Å². The lowest BCUT2D eigenvalue weighted by atomic mass is 10.2. The van der Waals surface area contributed by atoms with E-state index in [-0.39, 0.29) is 6.10 Å². The highest BCUT2D eigenvalue weighted by atomic mass is 16.5. The minimum atomic E-state index is 0.190. The lowest BCUT2D eigenvalue weighted by Gasteiger charge is -2.34. The summed E-state index contributed by atoms with van der Waals surface area (Å²) in [5.41, 5.74) is 1.17. The Kier molecular flexibility index (Phi) is 9.36. The largest absolute Gasteiger partial charge is 0.374 e. The van der Waals surface area contributed by atoms with Crippen LogP contribution in [0.1, 0.15) is 26.3 Å². The molecular weight excluding hydrogens is 390 g/mol. The number of piperazine rings is 1. The first-order chi connectivity index (χ1) is 15.0. The molecule has 31 heavy (non-hydrogen) atoms. The quantitative estimate of drug-likeness (QED) is 0.474. The van der Waals surface area contributed by atoms with Gasteiger partial charge in [0.15, 0.2) is 5.96 Å². The van der Waals surface area contributed by atoms with Crippen LogP contribution in [0.25, 0.3) is 0 Å². The number of hydrogen-bond donors (Lipinski definition) is 2. The molecular formula is C23H41N7O. The fraction of sp³-hybridized carbons (Fsp3) is 0.739. The molecule has 0 saturated carbocycles. The number of nitrogens with one attached hydrogen (secondary N) is 2. The molecule has 1 aromatic rings. The van der Waals surface area contributed by atoms with Gasteiger partial charge in [-0.25, -0.2) is 9.98 Å². The van der Waals surface area contributed by atoms with E-state index in [4.69, 9.17) is 9.73 Å². The van der Waals surface area contributed by atoms with Crippen LogP contribution >= 0.6 is 0 Å². The second kappa shape index (κ2) is 12.2. The number of guanidine groups is 1. The topological polar surface area (TPSA) is 68.3 Å². The van der Waals surface area contributed by atoms with Crippen LogP contribution < -0.4 is 15.5 Å². The van der Waals surface area contributed by atoms with E-state index >= 15 is 0 Å². The average Bonchev–Trinajstić information content (AvgIpc) is 2.76. The van der Waals surface area contributed by atoms with E-state index in [9.17, 15) is 0 Å². The minimum absolute atomic E-state index is 0.190. The molecule has 3 heterocycles. The van der Waals surface area contributed by atoms with Gasteiger partial charge in [0.05, 0.1) is 19.3 Å². The van der Waals surface area contributed by atoms with Crippen LogP contribution in [0.15, 0.2) is 23.3 Å². The third kappa shape index (κ3) is 7.63. The van der Waals surface area contributed by atoms with Crippen LogP contribution in [-0.4, -0.2) is 99.4 Å². The predicted molar refractivity (Wildman–Crippen MR) is 128 cm³/mol. The van der Waals surface area contributed by atoms with Gasteiger partial charge in [0.2, 0.25) is 0 Å². The third-order valence-corrected chi connectivity index (χ3v) is 5.77. The highest BCUT2D eigenvalue weighted by Crippen LogP contribution is 2.19. The predicted octanol–water partition coefficient (Wildman–Crippen LogP) is 1.25. The van der Waals surface area contributed by atoms with Crippen LogP contribution in [-0.2, 0) is 11.3 Å². The molecule has 1 aromatic heterocycles. The van der Waals surface area contributed by atoms with E-state index in [0.29, 0.717) is 12.5 Å². The summed E-state index contributed by atoms with van der Waals surface area (Å²) in [5, 5.41) is 6.86. The zero-order valence-corrected chi connectivity index (χ0v) is 19.8. The van der Waals surface area contributed by atoms with E-state index < -0.39 is 0 Å². The number of rotatable bonds is 8. The average molecular weight is 432 g/mol. The Balaban J connectivity index is 1.57. The van der Waals surface area contributed by atoms with Gasteiger partial charge in [-0.05, 0) is 26.0 Å². The molecule has 174 valence electrons. The molecule has 0 spiro atoms. The fourth-order valence-electron chi connectivity index (χ4n) is 4.16. The number of ether oxygens (including phenoxy) is 1. The smallest absolute Gasteiger partial charge is 0.191 e. The normalized spacial score (nSPS) is 21.5. The lowest BCUT2D eigenvalue weighted by Crippen LogP contribution is -2.50. The van der Waals surface area contributed by atoms with Crippen molar-refractivity contribution in [1.29, 1.82) is 0 Å². The number of pyridine rings is 1. The number of aliphatic imine (C=N–C) groups is 1. The Morgan fingerprint density at radius 1 is 1.23 bits per heavy atom. The standard InChI is InChI=1S/C23H41N7O/c1-5-24-23(27-16-21-18-29(13-14-31-21)17-19(2)3)26-15-20-7-6-8-25-22(20)30-11-9-28(4)10-12-30/h6-8,19,21H,5,9-18H2,1-4H3,(H2,24,26,27). The van der Waals surface area contributed by atoms with E-state index in [1.165, 1.54) is 5.56 Å². The molecule has 3 rings (SSSR count). The van der Waals surface area contributed by atoms with Crippen LogP contribution in [0, 0.1) is 5.92 Å². The Hall–Kier alpha value is -1.90. The maximum atomic E-state index is 5.98. The Morgan fingerprint density at radius 2 is 2.03 bits per heavy atom. The van der Waals surface area contributed by atoms with Gasteiger partial charge in [0, 0.05) is 70.7 Å². The SMILES string of the molecule is CCNC(=NCc1cccnc1N1CCN(C)CC1)NCC1CN(CC(C)C)CCO1. The molecule has 2 saturated heterocycles. The maximum Gasteiger partial charge on any atom is 0.191 e. The van der Waals surface area contributed by atoms with Gasteiger partial charge in [-0.1, -0.05) is 19.9 Å². The zero-order valence-electron chi connectivity index (χ0n) is 19.8. The second-order valence-electron chi connectivity index (χ2n) is 9.00. The molecule has 8 nitrogen and oxygen atoms in total. The Labute approximate surface area is 188 Å². The Bertz CT molecular complexity index is 688. The summed E-state index contributed by atoms with van der Waals surface area (Å²) in [6.45, 7) is 16.9. The van der Waals surface area contributed by atoms with Crippen LogP contribution in [0.4, 0.5) is 5.82 Å². The monoisotopic (exact) mass is 431 g/mol. The van der Waals surface area contributed by atoms with E-state index in [1.807, 2.05) is 12.3 Å². The summed E-state index contributed by atoms with van der Waals surface area (Å²) in [6.07, 6.45) is 2.07. The fourth-order valence-corrected chi connectivity index (χ4v) is 4.16. The highest BCUT2D eigenvalue weighted by molar-refractivity contribution is 5.79. The van der Waals surface area contributed by atoms with Crippen LogP contribution in [0.3, 0.4) is 0 Å². The molecule has 2 N–H and O–H groups in total. The van der Waals surface area contributed by atoms with Crippen molar-refractivity contribution in [3.8, 4) is 0 Å². The molecule has 1 atom stereocenters.